The molecule has 1 aromatic heterocycles. The fourth-order valence-corrected chi connectivity index (χ4v) is 1.93. The van der Waals surface area contributed by atoms with Crippen molar-refractivity contribution in [2.45, 2.75) is 6.42 Å². The maximum Gasteiger partial charge on any atom is 0.275 e. The standard InChI is InChI=1S/C12H8BrN3O2/c13-8-3-1-2-4-10(8)16-12(18)7-11(17)9(15-16)5-6-14/h1-4,7,17H,5H2. The summed E-state index contributed by atoms with van der Waals surface area (Å²) in [6, 6.07) is 10.0. The second kappa shape index (κ2) is 5.02. The lowest BCUT2D eigenvalue weighted by Crippen LogP contribution is -2.21. The van der Waals surface area contributed by atoms with Crippen LogP contribution in [-0.2, 0) is 6.42 Å². The highest BCUT2D eigenvalue weighted by molar-refractivity contribution is 9.10. The van der Waals surface area contributed by atoms with Crippen LogP contribution < -0.4 is 5.56 Å². The lowest BCUT2D eigenvalue weighted by molar-refractivity contribution is 0.459. The Balaban J connectivity index is 2.66. The first-order valence-corrected chi connectivity index (χ1v) is 5.87. The van der Waals surface area contributed by atoms with Gasteiger partial charge in [0.05, 0.1) is 18.2 Å². The van der Waals surface area contributed by atoms with Gasteiger partial charge < -0.3 is 5.11 Å². The number of benzene rings is 1. The summed E-state index contributed by atoms with van der Waals surface area (Å²) in [5.41, 5.74) is 0.274. The number of para-hydroxylation sites is 1. The SMILES string of the molecule is N#CCc1nn(-c2ccccc2Br)c(=O)cc1O. The molecule has 0 bridgehead atoms. The van der Waals surface area contributed by atoms with Gasteiger partial charge in [-0.2, -0.15) is 15.0 Å². The van der Waals surface area contributed by atoms with Crippen LogP contribution in [0.2, 0.25) is 0 Å². The predicted molar refractivity (Wildman–Crippen MR) is 68.5 cm³/mol. The summed E-state index contributed by atoms with van der Waals surface area (Å²) in [6.07, 6.45) is -0.0590. The van der Waals surface area contributed by atoms with Crippen molar-refractivity contribution < 1.29 is 5.11 Å². The van der Waals surface area contributed by atoms with Gasteiger partial charge in [0.25, 0.3) is 5.56 Å². The van der Waals surface area contributed by atoms with Gasteiger partial charge in [0, 0.05) is 10.5 Å². The van der Waals surface area contributed by atoms with Gasteiger partial charge in [0.2, 0.25) is 0 Å². The van der Waals surface area contributed by atoms with Crippen molar-refractivity contribution in [3.63, 3.8) is 0 Å². The van der Waals surface area contributed by atoms with Crippen molar-refractivity contribution in [2.24, 2.45) is 0 Å². The minimum Gasteiger partial charge on any atom is -0.506 e. The molecule has 0 amide bonds. The molecule has 18 heavy (non-hydrogen) atoms. The molecule has 2 aromatic rings. The Hall–Kier alpha value is -2.13. The van der Waals surface area contributed by atoms with Crippen LogP contribution in [0.15, 0.2) is 39.6 Å². The molecule has 5 nitrogen and oxygen atoms in total. The van der Waals surface area contributed by atoms with Gasteiger partial charge in [-0.25, -0.2) is 0 Å². The topological polar surface area (TPSA) is 78.9 Å². The van der Waals surface area contributed by atoms with Gasteiger partial charge in [-0.3, -0.25) is 4.79 Å². The minimum atomic E-state index is -0.457. The fraction of sp³-hybridized carbons (Fsp3) is 0.0833. The molecule has 1 N–H and O–H groups in total. The minimum absolute atomic E-state index is 0.0590. The normalized spacial score (nSPS) is 10.0. The van der Waals surface area contributed by atoms with E-state index in [-0.39, 0.29) is 17.9 Å². The Morgan fingerprint density at radius 2 is 2.17 bits per heavy atom. The van der Waals surface area contributed by atoms with Crippen LogP contribution in [0.1, 0.15) is 5.69 Å². The average Bonchev–Trinajstić information content (AvgIpc) is 2.34. The molecule has 0 radical (unpaired) electrons. The summed E-state index contributed by atoms with van der Waals surface area (Å²) in [4.78, 5) is 11.8. The number of rotatable bonds is 2. The number of halogens is 1. The van der Waals surface area contributed by atoms with Gasteiger partial charge in [-0.05, 0) is 28.1 Å². The molecule has 0 saturated heterocycles. The van der Waals surface area contributed by atoms with Crippen molar-refractivity contribution in [1.29, 1.82) is 5.26 Å². The summed E-state index contributed by atoms with van der Waals surface area (Å²) in [6.45, 7) is 0. The van der Waals surface area contributed by atoms with Crippen molar-refractivity contribution in [3.8, 4) is 17.5 Å². The molecule has 0 atom stereocenters. The molecule has 1 aromatic carbocycles. The van der Waals surface area contributed by atoms with Crippen LogP contribution in [0.3, 0.4) is 0 Å². The van der Waals surface area contributed by atoms with Crippen LogP contribution >= 0.6 is 15.9 Å². The molecule has 0 aliphatic carbocycles. The van der Waals surface area contributed by atoms with E-state index in [9.17, 15) is 9.90 Å². The quantitative estimate of drug-likeness (QED) is 0.917. The van der Waals surface area contributed by atoms with E-state index in [4.69, 9.17) is 5.26 Å². The Labute approximate surface area is 111 Å². The van der Waals surface area contributed by atoms with E-state index in [1.165, 1.54) is 0 Å². The van der Waals surface area contributed by atoms with Gasteiger partial charge in [-0.15, -0.1) is 0 Å². The molecule has 1 heterocycles. The van der Waals surface area contributed by atoms with E-state index in [1.54, 1.807) is 18.2 Å². The van der Waals surface area contributed by atoms with E-state index in [2.05, 4.69) is 21.0 Å². The first-order valence-electron chi connectivity index (χ1n) is 5.07. The Bertz CT molecular complexity index is 688. The molecule has 0 aliphatic heterocycles. The first-order chi connectivity index (χ1) is 8.63. The maximum atomic E-state index is 11.8. The van der Waals surface area contributed by atoms with E-state index < -0.39 is 5.56 Å². The zero-order chi connectivity index (χ0) is 13.1. The number of hydrogen-bond acceptors (Lipinski definition) is 4. The van der Waals surface area contributed by atoms with Crippen LogP contribution in [0.5, 0.6) is 5.75 Å². The van der Waals surface area contributed by atoms with Gasteiger partial charge in [-0.1, -0.05) is 12.1 Å². The molecule has 0 fully saturated rings. The van der Waals surface area contributed by atoms with Gasteiger partial charge in [0.15, 0.2) is 0 Å². The third-order valence-corrected chi connectivity index (χ3v) is 2.98. The molecular formula is C12H8BrN3O2. The maximum absolute atomic E-state index is 11.8. The zero-order valence-corrected chi connectivity index (χ0v) is 10.8. The average molecular weight is 306 g/mol. The molecule has 2 rings (SSSR count). The molecule has 6 heteroatoms. The van der Waals surface area contributed by atoms with Gasteiger partial charge >= 0.3 is 0 Å². The third kappa shape index (κ3) is 2.26. The number of hydrogen-bond donors (Lipinski definition) is 1. The van der Waals surface area contributed by atoms with Crippen molar-refractivity contribution in [1.82, 2.24) is 9.78 Å². The smallest absolute Gasteiger partial charge is 0.275 e. The highest BCUT2D eigenvalue weighted by Crippen LogP contribution is 2.19. The van der Waals surface area contributed by atoms with Crippen molar-refractivity contribution >= 4 is 15.9 Å². The Kier molecular flexibility index (Phi) is 3.44. The van der Waals surface area contributed by atoms with E-state index in [1.807, 2.05) is 12.1 Å². The molecular weight excluding hydrogens is 298 g/mol. The van der Waals surface area contributed by atoms with Crippen LogP contribution in [0.25, 0.3) is 5.69 Å². The monoisotopic (exact) mass is 305 g/mol. The summed E-state index contributed by atoms with van der Waals surface area (Å²) in [5.74, 6) is -0.259. The van der Waals surface area contributed by atoms with Crippen LogP contribution in [0, 0.1) is 11.3 Å². The van der Waals surface area contributed by atoms with E-state index in [0.29, 0.717) is 10.2 Å². The second-order valence-corrected chi connectivity index (χ2v) is 4.37. The lowest BCUT2D eigenvalue weighted by Gasteiger charge is -2.08. The fourth-order valence-electron chi connectivity index (χ4n) is 1.48. The highest BCUT2D eigenvalue weighted by atomic mass is 79.9. The summed E-state index contributed by atoms with van der Waals surface area (Å²) < 4.78 is 1.85. The number of nitrogens with zero attached hydrogens (tertiary/aromatic N) is 3. The largest absolute Gasteiger partial charge is 0.506 e. The number of nitriles is 1. The Morgan fingerprint density at radius 3 is 2.83 bits per heavy atom. The highest BCUT2D eigenvalue weighted by Gasteiger charge is 2.10. The Morgan fingerprint density at radius 1 is 1.44 bits per heavy atom. The lowest BCUT2D eigenvalue weighted by atomic mass is 10.3. The molecule has 0 unspecified atom stereocenters. The zero-order valence-electron chi connectivity index (χ0n) is 9.17. The predicted octanol–water partition coefficient (Wildman–Crippen LogP) is 1.77. The summed E-state index contributed by atoms with van der Waals surface area (Å²) >= 11 is 3.32. The first kappa shape index (κ1) is 12.3. The number of aromatic nitrogens is 2. The molecule has 0 spiro atoms. The van der Waals surface area contributed by atoms with Crippen LogP contribution in [0.4, 0.5) is 0 Å². The van der Waals surface area contributed by atoms with Crippen molar-refractivity contribution in [3.05, 3.63) is 50.9 Å². The van der Waals surface area contributed by atoms with Crippen molar-refractivity contribution in [2.75, 3.05) is 0 Å². The number of aromatic hydroxyl groups is 1. The van der Waals surface area contributed by atoms with E-state index in [0.717, 1.165) is 10.7 Å². The summed E-state index contributed by atoms with van der Waals surface area (Å²) in [7, 11) is 0. The van der Waals surface area contributed by atoms with Crippen LogP contribution in [-0.4, -0.2) is 14.9 Å². The molecule has 0 saturated carbocycles. The van der Waals surface area contributed by atoms with E-state index >= 15 is 0 Å². The van der Waals surface area contributed by atoms with Gasteiger partial charge in [0.1, 0.15) is 11.4 Å². The summed E-state index contributed by atoms with van der Waals surface area (Å²) in [5, 5.41) is 22.2. The second-order valence-electron chi connectivity index (χ2n) is 3.51. The third-order valence-electron chi connectivity index (χ3n) is 2.31. The molecule has 0 aliphatic rings. The molecule has 90 valence electrons.